The van der Waals surface area contributed by atoms with E-state index < -0.39 is 12.5 Å². The minimum absolute atomic E-state index is 0.0694. The van der Waals surface area contributed by atoms with Gasteiger partial charge in [0, 0.05) is 4.11 Å². The Morgan fingerprint density at radius 1 is 1.70 bits per heavy atom. The van der Waals surface area contributed by atoms with E-state index in [-0.39, 0.29) is 11.8 Å². The molecular weight excluding hydrogens is 124 g/mol. The summed E-state index contributed by atoms with van der Waals surface area (Å²) in [7, 11) is 0. The number of rotatable bonds is 1. The lowest BCUT2D eigenvalue weighted by molar-refractivity contribution is 0.00296. The van der Waals surface area contributed by atoms with Crippen LogP contribution in [0.5, 0.6) is 0 Å². The van der Waals surface area contributed by atoms with Crippen molar-refractivity contribution in [2.45, 2.75) is 45.6 Å². The molecule has 1 saturated carbocycles. The van der Waals surface area contributed by atoms with Crippen molar-refractivity contribution in [3.63, 3.8) is 0 Å². The molecule has 0 amide bonds. The molecule has 1 rings (SSSR count). The van der Waals surface area contributed by atoms with Gasteiger partial charge in [0.05, 0.1) is 5.60 Å². The molecule has 0 spiro atoms. The van der Waals surface area contributed by atoms with Gasteiger partial charge in [-0.15, -0.1) is 0 Å². The van der Waals surface area contributed by atoms with Crippen molar-refractivity contribution in [2.75, 3.05) is 0 Å². The van der Waals surface area contributed by atoms with E-state index in [1.165, 1.54) is 0 Å². The van der Waals surface area contributed by atoms with Crippen LogP contribution < -0.4 is 0 Å². The summed E-state index contributed by atoms with van der Waals surface area (Å²) in [6.45, 7) is 1.73. The Balaban J connectivity index is 2.88. The zero-order valence-electron chi connectivity index (χ0n) is 9.72. The van der Waals surface area contributed by atoms with Crippen LogP contribution >= 0.6 is 0 Å². The van der Waals surface area contributed by atoms with Crippen molar-refractivity contribution >= 4 is 0 Å². The molecule has 0 radical (unpaired) electrons. The molecule has 0 aromatic rings. The molecule has 1 nitrogen and oxygen atoms in total. The smallest absolute Gasteiger partial charge is 0.0650 e. The highest BCUT2D eigenvalue weighted by molar-refractivity contribution is 4.89. The van der Waals surface area contributed by atoms with Gasteiger partial charge in [-0.25, -0.2) is 0 Å². The molecule has 0 aromatic heterocycles. The van der Waals surface area contributed by atoms with E-state index in [2.05, 4.69) is 0 Å². The Labute approximate surface area is 67.7 Å². The largest absolute Gasteiger partial charge is 0.390 e. The summed E-state index contributed by atoms with van der Waals surface area (Å²) in [6, 6.07) is 0. The summed E-state index contributed by atoms with van der Waals surface area (Å²) in [5.74, 6) is 0.174. The highest BCUT2D eigenvalue weighted by atomic mass is 16.3. The van der Waals surface area contributed by atoms with Gasteiger partial charge >= 0.3 is 0 Å². The van der Waals surface area contributed by atoms with Crippen LogP contribution in [-0.2, 0) is 0 Å². The maximum Gasteiger partial charge on any atom is 0.0650 e. The van der Waals surface area contributed by atoms with Gasteiger partial charge in [0.2, 0.25) is 0 Å². The van der Waals surface area contributed by atoms with Crippen molar-refractivity contribution < 1.29 is 9.22 Å². The third kappa shape index (κ3) is 1.34. The molecule has 1 fully saturated rings. The molecule has 2 atom stereocenters. The van der Waals surface area contributed by atoms with Gasteiger partial charge < -0.3 is 5.11 Å². The summed E-state index contributed by atoms with van der Waals surface area (Å²) in [6.07, 6.45) is 2.09. The van der Waals surface area contributed by atoms with Crippen LogP contribution in [0, 0.1) is 11.8 Å². The lowest BCUT2D eigenvalue weighted by atomic mass is 9.84. The second-order valence-corrected chi connectivity index (χ2v) is 3.67. The average molecular weight is 145 g/mol. The molecule has 0 heterocycles. The first-order valence-corrected chi connectivity index (χ1v) is 4.01. The molecule has 0 saturated heterocycles. The number of hydrogen-bond acceptors (Lipinski definition) is 1. The molecule has 1 heteroatoms. The Morgan fingerprint density at radius 2 is 2.40 bits per heavy atom. The lowest BCUT2D eigenvalue weighted by Gasteiger charge is -2.28. The zero-order valence-corrected chi connectivity index (χ0v) is 6.72. The fourth-order valence-corrected chi connectivity index (χ4v) is 1.90. The van der Waals surface area contributed by atoms with E-state index in [0.29, 0.717) is 6.42 Å². The molecule has 1 aliphatic carbocycles. The Kier molecular flexibility index (Phi) is 1.21. The van der Waals surface area contributed by atoms with Crippen molar-refractivity contribution in [2.24, 2.45) is 11.8 Å². The van der Waals surface area contributed by atoms with Gasteiger partial charge in [0.1, 0.15) is 0 Å². The minimum Gasteiger partial charge on any atom is -0.390 e. The van der Waals surface area contributed by atoms with Crippen molar-refractivity contribution in [3.8, 4) is 0 Å². The summed E-state index contributed by atoms with van der Waals surface area (Å²) in [4.78, 5) is 0. The summed E-state index contributed by atoms with van der Waals surface area (Å²) >= 11 is 0. The van der Waals surface area contributed by atoms with Gasteiger partial charge in [-0.1, -0.05) is 20.3 Å². The van der Waals surface area contributed by atoms with Crippen LogP contribution in [0.4, 0.5) is 0 Å². The monoisotopic (exact) mass is 145 g/mol. The Hall–Kier alpha value is -0.0400. The average Bonchev–Trinajstić information content (AvgIpc) is 2.30. The minimum atomic E-state index is -2.22. The summed E-state index contributed by atoms with van der Waals surface area (Å²) in [5.41, 5.74) is -1.43. The molecule has 60 valence electrons. The van der Waals surface area contributed by atoms with E-state index in [4.69, 9.17) is 4.11 Å². The van der Waals surface area contributed by atoms with Crippen LogP contribution in [0.2, 0.25) is 0 Å². The molecular formula is C9H18O. The lowest BCUT2D eigenvalue weighted by Crippen LogP contribution is -2.32. The standard InChI is InChI=1S/C9H18O/c1-7(2)8-5-4-6-9(8,3)10/h7-8,10H,4-6H2,1-3H3/i3D3. The van der Waals surface area contributed by atoms with E-state index in [1.807, 2.05) is 13.8 Å². The first-order chi connectivity index (χ1) is 5.79. The van der Waals surface area contributed by atoms with Crippen LogP contribution in [0.25, 0.3) is 0 Å². The molecule has 1 aliphatic rings. The molecule has 2 unspecified atom stereocenters. The predicted octanol–water partition coefficient (Wildman–Crippen LogP) is 2.19. The van der Waals surface area contributed by atoms with Crippen LogP contribution in [0.1, 0.15) is 44.1 Å². The summed E-state index contributed by atoms with van der Waals surface area (Å²) < 4.78 is 22.0. The summed E-state index contributed by atoms with van der Waals surface area (Å²) in [5, 5.41) is 10.1. The highest BCUT2D eigenvalue weighted by Crippen LogP contribution is 2.39. The van der Waals surface area contributed by atoms with Crippen LogP contribution in [0.3, 0.4) is 0 Å². The third-order valence-corrected chi connectivity index (χ3v) is 2.49. The molecule has 0 aromatic carbocycles. The zero-order chi connectivity index (χ0) is 10.3. The van der Waals surface area contributed by atoms with Gasteiger partial charge in [0.15, 0.2) is 0 Å². The van der Waals surface area contributed by atoms with Crippen molar-refractivity contribution in [3.05, 3.63) is 0 Å². The highest BCUT2D eigenvalue weighted by Gasteiger charge is 2.37. The van der Waals surface area contributed by atoms with Crippen LogP contribution in [0.15, 0.2) is 0 Å². The molecule has 0 bridgehead atoms. The second-order valence-electron chi connectivity index (χ2n) is 3.67. The number of hydrogen-bond donors (Lipinski definition) is 1. The van der Waals surface area contributed by atoms with E-state index in [1.54, 1.807) is 0 Å². The number of aliphatic hydroxyl groups is 1. The van der Waals surface area contributed by atoms with Gasteiger partial charge in [-0.05, 0) is 31.5 Å². The quantitative estimate of drug-likeness (QED) is 0.599. The third-order valence-electron chi connectivity index (χ3n) is 2.49. The second kappa shape index (κ2) is 2.54. The van der Waals surface area contributed by atoms with Gasteiger partial charge in [-0.2, -0.15) is 0 Å². The normalized spacial score (nSPS) is 46.8. The van der Waals surface area contributed by atoms with E-state index >= 15 is 0 Å². The van der Waals surface area contributed by atoms with Gasteiger partial charge in [0.25, 0.3) is 0 Å². The first kappa shape index (κ1) is 4.76. The predicted molar refractivity (Wildman–Crippen MR) is 42.8 cm³/mol. The molecule has 0 aliphatic heterocycles. The Bertz CT molecular complexity index is 188. The van der Waals surface area contributed by atoms with Crippen molar-refractivity contribution in [1.82, 2.24) is 0 Å². The topological polar surface area (TPSA) is 20.2 Å². The fourth-order valence-electron chi connectivity index (χ4n) is 1.90. The van der Waals surface area contributed by atoms with Crippen LogP contribution in [-0.4, -0.2) is 10.7 Å². The maximum atomic E-state index is 10.1. The SMILES string of the molecule is [2H]C([2H])([2H])C1(O)CCCC1C(C)C. The fraction of sp³-hybridized carbons (Fsp3) is 1.00. The van der Waals surface area contributed by atoms with E-state index in [0.717, 1.165) is 12.8 Å². The van der Waals surface area contributed by atoms with Gasteiger partial charge in [-0.3, -0.25) is 0 Å². The van der Waals surface area contributed by atoms with E-state index in [9.17, 15) is 5.11 Å². The van der Waals surface area contributed by atoms with Crippen molar-refractivity contribution in [1.29, 1.82) is 0 Å². The molecule has 1 N–H and O–H groups in total. The first-order valence-electron chi connectivity index (χ1n) is 5.51. The molecule has 10 heavy (non-hydrogen) atoms. The Morgan fingerprint density at radius 3 is 2.80 bits per heavy atom. The maximum absolute atomic E-state index is 10.1.